The van der Waals surface area contributed by atoms with Crippen LogP contribution in [-0.2, 0) is 9.47 Å². The number of ether oxygens (including phenoxy) is 2. The van der Waals surface area contributed by atoms with E-state index in [0.717, 1.165) is 24.7 Å². The van der Waals surface area contributed by atoms with Gasteiger partial charge in [0.25, 0.3) is 0 Å². The van der Waals surface area contributed by atoms with E-state index in [9.17, 15) is 22.0 Å². The van der Waals surface area contributed by atoms with E-state index in [1.807, 2.05) is 0 Å². The minimum atomic E-state index is -5.60. The van der Waals surface area contributed by atoms with E-state index in [1.165, 1.54) is 19.3 Å². The van der Waals surface area contributed by atoms with E-state index in [4.69, 9.17) is 9.84 Å². The van der Waals surface area contributed by atoms with Gasteiger partial charge in [-0.3, -0.25) is 4.74 Å². The van der Waals surface area contributed by atoms with Crippen molar-refractivity contribution in [3.05, 3.63) is 0 Å². The number of hydrogen-bond acceptors (Lipinski definition) is 3. The maximum atomic E-state index is 13.9. The van der Waals surface area contributed by atoms with E-state index in [-0.39, 0.29) is 12.3 Å². The molecule has 0 heterocycles. The third kappa shape index (κ3) is 3.37. The summed E-state index contributed by atoms with van der Waals surface area (Å²) in [6.45, 7) is 0.826. The number of hydrogen-bond donors (Lipinski definition) is 1. The van der Waals surface area contributed by atoms with Gasteiger partial charge in [0.05, 0.1) is 6.10 Å². The van der Waals surface area contributed by atoms with Crippen molar-refractivity contribution in [2.24, 2.45) is 41.4 Å². The molecule has 0 spiro atoms. The molecular weight excluding hydrogens is 383 g/mol. The second kappa shape index (κ2) is 7.34. The molecule has 10 unspecified atom stereocenters. The van der Waals surface area contributed by atoms with E-state index in [1.54, 1.807) is 6.92 Å². The summed E-state index contributed by atoms with van der Waals surface area (Å²) >= 11 is 0. The van der Waals surface area contributed by atoms with Gasteiger partial charge in [0.1, 0.15) is 6.67 Å². The number of fused-ring (bicyclic) bond motifs is 9. The average molecular weight is 412 g/mol. The lowest BCUT2D eigenvalue weighted by molar-refractivity contribution is -0.456. The van der Waals surface area contributed by atoms with Crippen LogP contribution in [-0.4, -0.2) is 36.4 Å². The quantitative estimate of drug-likeness (QED) is 0.347. The molecule has 4 aliphatic rings. The Morgan fingerprint density at radius 3 is 2.29 bits per heavy atom. The van der Waals surface area contributed by atoms with Crippen LogP contribution < -0.4 is 0 Å². The fourth-order valence-corrected chi connectivity index (χ4v) is 7.12. The molecule has 0 radical (unpaired) electrons. The molecule has 3 nitrogen and oxygen atoms in total. The molecule has 4 aliphatic carbocycles. The highest BCUT2D eigenvalue weighted by Crippen LogP contribution is 2.69. The predicted octanol–water partition coefficient (Wildman–Crippen LogP) is 4.98. The van der Waals surface area contributed by atoms with Gasteiger partial charge >= 0.3 is 12.2 Å². The first-order chi connectivity index (χ1) is 13.2. The maximum absolute atomic E-state index is 13.9. The standard InChI is InChI=1S/C20H29F5O3/c1-2-3-16(28-20(25,26)19(22,23)24)27-15(9-21)13-7-12-8-14(13)18-11-5-4-10(6-11)17(12)18/h10-18,26H,2-9H2,1H3. The highest BCUT2D eigenvalue weighted by Gasteiger charge is 2.63. The van der Waals surface area contributed by atoms with Crippen molar-refractivity contribution in [1.82, 2.24) is 0 Å². The normalized spacial score (nSPS) is 43.2. The Kier molecular flexibility index (Phi) is 5.45. The summed E-state index contributed by atoms with van der Waals surface area (Å²) in [5.74, 6) is 3.60. The highest BCUT2D eigenvalue weighted by molar-refractivity contribution is 5.11. The van der Waals surface area contributed by atoms with Crippen LogP contribution >= 0.6 is 0 Å². The van der Waals surface area contributed by atoms with Crippen molar-refractivity contribution in [2.45, 2.75) is 76.5 Å². The lowest BCUT2D eigenvalue weighted by Crippen LogP contribution is -2.48. The van der Waals surface area contributed by atoms with Crippen LogP contribution in [0, 0.1) is 41.4 Å². The van der Waals surface area contributed by atoms with Crippen molar-refractivity contribution in [3.63, 3.8) is 0 Å². The van der Waals surface area contributed by atoms with Gasteiger partial charge in [-0.2, -0.15) is 17.6 Å². The molecule has 4 fully saturated rings. The largest absolute Gasteiger partial charge is 0.477 e. The minimum Gasteiger partial charge on any atom is -0.346 e. The van der Waals surface area contributed by atoms with Gasteiger partial charge in [-0.05, 0) is 80.0 Å². The lowest BCUT2D eigenvalue weighted by atomic mass is 9.66. The number of aliphatic hydroxyl groups is 1. The molecule has 8 heteroatoms. The second-order valence-corrected chi connectivity index (χ2v) is 9.27. The first-order valence-corrected chi connectivity index (χ1v) is 10.5. The van der Waals surface area contributed by atoms with Crippen molar-refractivity contribution >= 4 is 0 Å². The summed E-state index contributed by atoms with van der Waals surface area (Å²) in [5.41, 5.74) is 0. The van der Waals surface area contributed by atoms with Crippen LogP contribution in [0.25, 0.3) is 0 Å². The van der Waals surface area contributed by atoms with Crippen molar-refractivity contribution in [2.75, 3.05) is 6.67 Å². The summed E-state index contributed by atoms with van der Waals surface area (Å²) in [5, 5.41) is 9.01. The summed E-state index contributed by atoms with van der Waals surface area (Å²) in [6, 6.07) is -4.81. The molecule has 0 aromatic rings. The van der Waals surface area contributed by atoms with Crippen molar-refractivity contribution in [3.8, 4) is 0 Å². The van der Waals surface area contributed by atoms with Gasteiger partial charge in [0.2, 0.25) is 0 Å². The van der Waals surface area contributed by atoms with Gasteiger partial charge in [0.15, 0.2) is 6.29 Å². The van der Waals surface area contributed by atoms with E-state index in [2.05, 4.69) is 4.74 Å². The van der Waals surface area contributed by atoms with Gasteiger partial charge in [-0.1, -0.05) is 13.3 Å². The molecule has 162 valence electrons. The molecule has 28 heavy (non-hydrogen) atoms. The minimum absolute atomic E-state index is 0.0591. The highest BCUT2D eigenvalue weighted by atomic mass is 19.4. The molecule has 1 N–H and O–H groups in total. The van der Waals surface area contributed by atoms with Gasteiger partial charge in [0, 0.05) is 0 Å². The number of halogens is 5. The monoisotopic (exact) mass is 412 g/mol. The smallest absolute Gasteiger partial charge is 0.346 e. The van der Waals surface area contributed by atoms with Crippen LogP contribution in [0.2, 0.25) is 0 Å². The topological polar surface area (TPSA) is 38.7 Å². The summed E-state index contributed by atoms with van der Waals surface area (Å²) < 4.78 is 75.1. The number of alkyl halides is 5. The average Bonchev–Trinajstić information content (AvgIpc) is 3.36. The summed E-state index contributed by atoms with van der Waals surface area (Å²) in [6.07, 6.45) is -2.22. The Morgan fingerprint density at radius 2 is 1.68 bits per heavy atom. The fourth-order valence-electron chi connectivity index (χ4n) is 7.12. The van der Waals surface area contributed by atoms with Crippen molar-refractivity contribution < 1.29 is 36.5 Å². The molecule has 4 saturated carbocycles. The maximum Gasteiger partial charge on any atom is 0.477 e. The predicted molar refractivity (Wildman–Crippen MR) is 90.3 cm³/mol. The van der Waals surface area contributed by atoms with Crippen LogP contribution in [0.3, 0.4) is 0 Å². The van der Waals surface area contributed by atoms with Crippen molar-refractivity contribution in [1.29, 1.82) is 0 Å². The molecule has 0 aromatic heterocycles. The molecule has 4 bridgehead atoms. The second-order valence-electron chi connectivity index (χ2n) is 9.27. The molecular formula is C20H29F5O3. The Balaban J connectivity index is 1.44. The van der Waals surface area contributed by atoms with Crippen LogP contribution in [0.15, 0.2) is 0 Å². The SMILES string of the molecule is CCCC(OC(CF)C1CC2CC1C1C3CCC(C3)C21)OC(O)(F)C(F)(F)F. The Labute approximate surface area is 161 Å². The molecule has 4 rings (SSSR count). The van der Waals surface area contributed by atoms with Crippen LogP contribution in [0.1, 0.15) is 51.9 Å². The summed E-state index contributed by atoms with van der Waals surface area (Å²) in [4.78, 5) is 0. The summed E-state index contributed by atoms with van der Waals surface area (Å²) in [7, 11) is 0. The first kappa shape index (κ1) is 20.8. The third-order valence-corrected chi connectivity index (χ3v) is 7.90. The van der Waals surface area contributed by atoms with Gasteiger partial charge in [-0.15, -0.1) is 0 Å². The molecule has 0 aliphatic heterocycles. The molecule has 10 atom stereocenters. The van der Waals surface area contributed by atoms with E-state index in [0.29, 0.717) is 30.1 Å². The van der Waals surface area contributed by atoms with E-state index < -0.39 is 31.3 Å². The van der Waals surface area contributed by atoms with Gasteiger partial charge in [-0.25, -0.2) is 4.39 Å². The molecule has 0 aromatic carbocycles. The van der Waals surface area contributed by atoms with E-state index >= 15 is 0 Å². The van der Waals surface area contributed by atoms with Crippen LogP contribution in [0.5, 0.6) is 0 Å². The zero-order chi connectivity index (χ0) is 20.3. The molecule has 0 amide bonds. The zero-order valence-electron chi connectivity index (χ0n) is 16.0. The first-order valence-electron chi connectivity index (χ1n) is 10.5. The Morgan fingerprint density at radius 1 is 1.00 bits per heavy atom. The van der Waals surface area contributed by atoms with Gasteiger partial charge < -0.3 is 9.84 Å². The Bertz CT molecular complexity index is 569. The molecule has 0 saturated heterocycles. The lowest BCUT2D eigenvalue weighted by Gasteiger charge is -2.41. The Hall–Kier alpha value is -0.470. The van der Waals surface area contributed by atoms with Crippen LogP contribution in [0.4, 0.5) is 22.0 Å². The zero-order valence-corrected chi connectivity index (χ0v) is 16.0. The fraction of sp³-hybridized carbons (Fsp3) is 1.00. The number of rotatable bonds is 8. The third-order valence-electron chi connectivity index (χ3n) is 7.90.